The van der Waals surface area contributed by atoms with E-state index in [1.54, 1.807) is 0 Å². The number of carbonyl (C=O) groups is 1. The van der Waals surface area contributed by atoms with Gasteiger partial charge in [-0.25, -0.2) is 0 Å². The summed E-state index contributed by atoms with van der Waals surface area (Å²) in [7, 11) is 0. The molecule has 0 bridgehead atoms. The van der Waals surface area contributed by atoms with E-state index in [4.69, 9.17) is 11.6 Å². The quantitative estimate of drug-likeness (QED) is 0.878. The summed E-state index contributed by atoms with van der Waals surface area (Å²) in [5.74, 6) is 0.0543. The third-order valence-corrected chi connectivity index (χ3v) is 5.38. The Morgan fingerprint density at radius 2 is 1.65 bits per heavy atom. The van der Waals surface area contributed by atoms with E-state index in [2.05, 4.69) is 21.2 Å². The third-order valence-electron chi connectivity index (χ3n) is 5.14. The number of halogens is 1. The minimum atomic E-state index is -0.157. The molecule has 1 fully saturated rings. The second-order valence-corrected chi connectivity index (χ2v) is 7.37. The van der Waals surface area contributed by atoms with E-state index in [1.165, 1.54) is 0 Å². The molecule has 0 spiro atoms. The molecule has 5 heteroatoms. The van der Waals surface area contributed by atoms with Crippen LogP contribution >= 0.6 is 11.6 Å². The Kier molecular flexibility index (Phi) is 5.84. The first-order valence-electron chi connectivity index (χ1n) is 9.07. The van der Waals surface area contributed by atoms with Crippen molar-refractivity contribution < 1.29 is 4.79 Å². The Balaban J connectivity index is 1.59. The largest absolute Gasteiger partial charge is 0.369 e. The molecule has 1 amide bonds. The molecule has 2 aromatic carbocycles. The Labute approximate surface area is 160 Å². The van der Waals surface area contributed by atoms with E-state index in [9.17, 15) is 4.79 Å². The highest BCUT2D eigenvalue weighted by Crippen LogP contribution is 2.23. The third kappa shape index (κ3) is 4.19. The molecule has 1 atom stereocenters. The molecule has 0 unspecified atom stereocenters. The van der Waals surface area contributed by atoms with Gasteiger partial charge in [-0.15, -0.1) is 0 Å². The lowest BCUT2D eigenvalue weighted by atomic mass is 10.1. The molecule has 0 aromatic heterocycles. The summed E-state index contributed by atoms with van der Waals surface area (Å²) in [6.45, 7) is 9.52. The number of hydrogen-bond donors (Lipinski definition) is 1. The number of amides is 1. The average molecular weight is 372 g/mol. The molecular formula is C21H26ClN3O. The van der Waals surface area contributed by atoms with Crippen molar-refractivity contribution in [2.24, 2.45) is 0 Å². The number of benzene rings is 2. The van der Waals surface area contributed by atoms with Gasteiger partial charge in [0.25, 0.3) is 0 Å². The van der Waals surface area contributed by atoms with Crippen molar-refractivity contribution in [1.29, 1.82) is 0 Å². The smallest absolute Gasteiger partial charge is 0.241 e. The summed E-state index contributed by atoms with van der Waals surface area (Å²) < 4.78 is 0. The second kappa shape index (κ2) is 8.11. The van der Waals surface area contributed by atoms with Crippen molar-refractivity contribution >= 4 is 28.9 Å². The molecule has 0 radical (unpaired) electrons. The highest BCUT2D eigenvalue weighted by atomic mass is 35.5. The van der Waals surface area contributed by atoms with Gasteiger partial charge in [0.15, 0.2) is 0 Å². The number of para-hydroxylation sites is 1. The maximum atomic E-state index is 12.7. The van der Waals surface area contributed by atoms with Gasteiger partial charge in [0, 0.05) is 42.6 Å². The molecular weight excluding hydrogens is 346 g/mol. The van der Waals surface area contributed by atoms with Gasteiger partial charge in [-0.05, 0) is 50.1 Å². The number of piperazine rings is 1. The van der Waals surface area contributed by atoms with Gasteiger partial charge in [-0.2, -0.15) is 0 Å². The molecule has 1 aliphatic rings. The molecule has 1 N–H and O–H groups in total. The van der Waals surface area contributed by atoms with Crippen LogP contribution in [0.25, 0.3) is 0 Å². The van der Waals surface area contributed by atoms with E-state index in [0.29, 0.717) is 0 Å². The second-order valence-electron chi connectivity index (χ2n) is 6.93. The maximum absolute atomic E-state index is 12.7. The van der Waals surface area contributed by atoms with E-state index in [1.807, 2.05) is 57.2 Å². The number of rotatable bonds is 4. The minimum Gasteiger partial charge on any atom is -0.369 e. The Hall–Kier alpha value is -2.04. The molecule has 3 rings (SSSR count). The molecule has 0 saturated carbocycles. The van der Waals surface area contributed by atoms with Crippen molar-refractivity contribution in [3.8, 4) is 0 Å². The summed E-state index contributed by atoms with van der Waals surface area (Å²) in [5, 5.41) is 3.87. The lowest BCUT2D eigenvalue weighted by Gasteiger charge is -2.38. The predicted molar refractivity (Wildman–Crippen MR) is 109 cm³/mol. The molecule has 0 aliphatic carbocycles. The maximum Gasteiger partial charge on any atom is 0.241 e. The Morgan fingerprint density at radius 1 is 1.04 bits per heavy atom. The predicted octanol–water partition coefficient (Wildman–Crippen LogP) is 4.11. The fourth-order valence-corrected chi connectivity index (χ4v) is 3.63. The van der Waals surface area contributed by atoms with Crippen LogP contribution in [-0.2, 0) is 4.79 Å². The first-order valence-corrected chi connectivity index (χ1v) is 9.45. The fourth-order valence-electron chi connectivity index (χ4n) is 3.45. The normalized spacial score (nSPS) is 16.4. The summed E-state index contributed by atoms with van der Waals surface area (Å²) in [5.41, 5.74) is 4.26. The van der Waals surface area contributed by atoms with Crippen molar-refractivity contribution in [3.05, 3.63) is 58.6 Å². The van der Waals surface area contributed by atoms with Crippen LogP contribution in [0.4, 0.5) is 11.4 Å². The summed E-state index contributed by atoms with van der Waals surface area (Å²) in [6.07, 6.45) is 0. The molecule has 26 heavy (non-hydrogen) atoms. The van der Waals surface area contributed by atoms with Crippen LogP contribution < -0.4 is 10.2 Å². The zero-order chi connectivity index (χ0) is 18.7. The highest BCUT2D eigenvalue weighted by Gasteiger charge is 2.26. The van der Waals surface area contributed by atoms with Crippen LogP contribution in [0.2, 0.25) is 5.02 Å². The van der Waals surface area contributed by atoms with Crippen LogP contribution in [-0.4, -0.2) is 43.0 Å². The number of nitrogens with one attached hydrogen (secondary N) is 1. The lowest BCUT2D eigenvalue weighted by Crippen LogP contribution is -2.52. The van der Waals surface area contributed by atoms with Crippen LogP contribution in [0.15, 0.2) is 42.5 Å². The van der Waals surface area contributed by atoms with E-state index in [-0.39, 0.29) is 11.9 Å². The fraction of sp³-hybridized carbons (Fsp3) is 0.381. The first-order chi connectivity index (χ1) is 12.5. The van der Waals surface area contributed by atoms with Gasteiger partial charge in [-0.1, -0.05) is 35.9 Å². The monoisotopic (exact) mass is 371 g/mol. The van der Waals surface area contributed by atoms with Gasteiger partial charge in [-0.3, -0.25) is 9.69 Å². The lowest BCUT2D eigenvalue weighted by molar-refractivity contribution is -0.120. The minimum absolute atomic E-state index is 0.0543. The van der Waals surface area contributed by atoms with Crippen LogP contribution in [0.3, 0.4) is 0 Å². The zero-order valence-electron chi connectivity index (χ0n) is 15.6. The van der Waals surface area contributed by atoms with Gasteiger partial charge in [0.05, 0.1) is 6.04 Å². The number of hydrogen-bond acceptors (Lipinski definition) is 3. The van der Waals surface area contributed by atoms with Crippen molar-refractivity contribution in [2.45, 2.75) is 26.8 Å². The molecule has 1 aliphatic heterocycles. The van der Waals surface area contributed by atoms with Gasteiger partial charge >= 0.3 is 0 Å². The number of aryl methyl sites for hydroxylation is 2. The molecule has 138 valence electrons. The molecule has 4 nitrogen and oxygen atoms in total. The molecule has 2 aromatic rings. The average Bonchev–Trinajstić information content (AvgIpc) is 2.64. The van der Waals surface area contributed by atoms with E-state index < -0.39 is 0 Å². The SMILES string of the molecule is Cc1cccc(C)c1NC(=O)[C@@H](C)N1CCN(c2cccc(Cl)c2)CC1. The summed E-state index contributed by atoms with van der Waals surface area (Å²) >= 11 is 6.10. The van der Waals surface area contributed by atoms with E-state index in [0.717, 1.165) is 53.7 Å². The van der Waals surface area contributed by atoms with Crippen molar-refractivity contribution in [3.63, 3.8) is 0 Å². The molecule has 1 saturated heterocycles. The topological polar surface area (TPSA) is 35.6 Å². The zero-order valence-corrected chi connectivity index (χ0v) is 16.4. The van der Waals surface area contributed by atoms with Crippen molar-refractivity contribution in [1.82, 2.24) is 4.90 Å². The van der Waals surface area contributed by atoms with Crippen LogP contribution in [0, 0.1) is 13.8 Å². The van der Waals surface area contributed by atoms with Gasteiger partial charge < -0.3 is 10.2 Å². The van der Waals surface area contributed by atoms with Crippen molar-refractivity contribution in [2.75, 3.05) is 36.4 Å². The number of anilines is 2. The highest BCUT2D eigenvalue weighted by molar-refractivity contribution is 6.30. The summed E-state index contributed by atoms with van der Waals surface area (Å²) in [6, 6.07) is 13.8. The van der Waals surface area contributed by atoms with Crippen LogP contribution in [0.1, 0.15) is 18.1 Å². The number of nitrogens with zero attached hydrogens (tertiary/aromatic N) is 2. The number of carbonyl (C=O) groups excluding carboxylic acids is 1. The summed E-state index contributed by atoms with van der Waals surface area (Å²) in [4.78, 5) is 17.3. The standard InChI is InChI=1S/C21H26ClN3O/c1-15-6-4-7-16(2)20(15)23-21(26)17(3)24-10-12-25(13-11-24)19-9-5-8-18(22)14-19/h4-9,14,17H,10-13H2,1-3H3,(H,23,26)/t17-/m1/s1. The molecule has 1 heterocycles. The Bertz CT molecular complexity index is 764. The van der Waals surface area contributed by atoms with Gasteiger partial charge in [0.1, 0.15) is 0 Å². The Morgan fingerprint density at radius 3 is 2.27 bits per heavy atom. The van der Waals surface area contributed by atoms with Crippen LogP contribution in [0.5, 0.6) is 0 Å². The van der Waals surface area contributed by atoms with Gasteiger partial charge in [0.2, 0.25) is 5.91 Å². The van der Waals surface area contributed by atoms with E-state index >= 15 is 0 Å². The first kappa shape index (κ1) is 18.7.